The molecular weight excluding hydrogens is 360 g/mol. The first-order valence-corrected chi connectivity index (χ1v) is 8.51. The van der Waals surface area contributed by atoms with Gasteiger partial charge in [0.05, 0.1) is 10.0 Å². The molecule has 0 bridgehead atoms. The van der Waals surface area contributed by atoms with E-state index in [-0.39, 0.29) is 5.82 Å². The lowest BCUT2D eigenvalue weighted by Gasteiger charge is -2.09. The van der Waals surface area contributed by atoms with Crippen LogP contribution in [0.3, 0.4) is 0 Å². The van der Waals surface area contributed by atoms with Crippen LogP contribution >= 0.6 is 23.2 Å². The summed E-state index contributed by atoms with van der Waals surface area (Å²) in [6.07, 6.45) is 0. The summed E-state index contributed by atoms with van der Waals surface area (Å²) in [4.78, 5) is 0. The van der Waals surface area contributed by atoms with E-state index in [1.165, 1.54) is 12.1 Å². The summed E-state index contributed by atoms with van der Waals surface area (Å²) < 4.78 is 18.6. The number of benzene rings is 3. The Hall–Kier alpha value is -2.23. The molecule has 0 saturated heterocycles. The average Bonchev–Trinajstić information content (AvgIpc) is 2.63. The summed E-state index contributed by atoms with van der Waals surface area (Å²) in [5, 5.41) is 4.35. The Morgan fingerprint density at radius 1 is 0.800 bits per heavy atom. The molecule has 0 unspecified atom stereocenters. The molecule has 0 atom stereocenters. The maximum atomic E-state index is 12.9. The topological polar surface area (TPSA) is 21.3 Å². The highest BCUT2D eigenvalue weighted by Gasteiger charge is 2.01. The van der Waals surface area contributed by atoms with Crippen molar-refractivity contribution in [2.45, 2.75) is 13.2 Å². The Morgan fingerprint density at radius 3 is 2.16 bits per heavy atom. The van der Waals surface area contributed by atoms with Crippen LogP contribution in [0.4, 0.5) is 10.1 Å². The van der Waals surface area contributed by atoms with Gasteiger partial charge >= 0.3 is 0 Å². The van der Waals surface area contributed by atoms with Gasteiger partial charge in [-0.1, -0.05) is 47.5 Å². The SMILES string of the molecule is Fc1ccc(COc2ccc(CNc3ccc(Cl)c(Cl)c3)cc2)cc1. The normalized spacial score (nSPS) is 10.5. The van der Waals surface area contributed by atoms with Crippen molar-refractivity contribution in [3.05, 3.63) is 93.7 Å². The van der Waals surface area contributed by atoms with Crippen LogP contribution in [0, 0.1) is 5.82 Å². The quantitative estimate of drug-likeness (QED) is 0.543. The lowest BCUT2D eigenvalue weighted by atomic mass is 10.2. The first-order chi connectivity index (χ1) is 12.1. The Balaban J connectivity index is 1.53. The van der Waals surface area contributed by atoms with Crippen molar-refractivity contribution < 1.29 is 9.13 Å². The van der Waals surface area contributed by atoms with Crippen LogP contribution in [-0.4, -0.2) is 0 Å². The maximum Gasteiger partial charge on any atom is 0.123 e. The van der Waals surface area contributed by atoms with Crippen molar-refractivity contribution in [3.63, 3.8) is 0 Å². The van der Waals surface area contributed by atoms with Gasteiger partial charge in [0.25, 0.3) is 0 Å². The second kappa shape index (κ2) is 8.24. The van der Waals surface area contributed by atoms with Crippen LogP contribution in [0.15, 0.2) is 66.7 Å². The van der Waals surface area contributed by atoms with Gasteiger partial charge in [0.1, 0.15) is 18.2 Å². The van der Waals surface area contributed by atoms with E-state index in [2.05, 4.69) is 5.32 Å². The molecule has 3 rings (SSSR count). The number of halogens is 3. The summed E-state index contributed by atoms with van der Waals surface area (Å²) in [7, 11) is 0. The Kier molecular flexibility index (Phi) is 5.79. The van der Waals surface area contributed by atoms with Crippen LogP contribution in [0.1, 0.15) is 11.1 Å². The molecule has 0 fully saturated rings. The minimum Gasteiger partial charge on any atom is -0.489 e. The predicted octanol–water partition coefficient (Wildman–Crippen LogP) is 6.32. The van der Waals surface area contributed by atoms with Crippen molar-refractivity contribution in [3.8, 4) is 5.75 Å². The van der Waals surface area contributed by atoms with Crippen LogP contribution in [0.25, 0.3) is 0 Å². The van der Waals surface area contributed by atoms with Gasteiger partial charge < -0.3 is 10.1 Å². The summed E-state index contributed by atoms with van der Waals surface area (Å²) >= 11 is 11.9. The molecule has 0 aliphatic heterocycles. The lowest BCUT2D eigenvalue weighted by molar-refractivity contribution is 0.306. The average molecular weight is 376 g/mol. The number of rotatable bonds is 6. The second-order valence-corrected chi connectivity index (χ2v) is 6.36. The van der Waals surface area contributed by atoms with Gasteiger partial charge in [-0.05, 0) is 53.6 Å². The van der Waals surface area contributed by atoms with Crippen molar-refractivity contribution in [2.24, 2.45) is 0 Å². The van der Waals surface area contributed by atoms with E-state index in [9.17, 15) is 4.39 Å². The van der Waals surface area contributed by atoms with Gasteiger partial charge in [-0.25, -0.2) is 4.39 Å². The largest absolute Gasteiger partial charge is 0.489 e. The predicted molar refractivity (Wildman–Crippen MR) is 101 cm³/mol. The number of hydrogen-bond donors (Lipinski definition) is 1. The van der Waals surface area contributed by atoms with Crippen LogP contribution in [0.2, 0.25) is 10.0 Å². The van der Waals surface area contributed by atoms with Gasteiger partial charge in [-0.3, -0.25) is 0 Å². The highest BCUT2D eigenvalue weighted by atomic mass is 35.5. The molecule has 2 nitrogen and oxygen atoms in total. The number of nitrogens with one attached hydrogen (secondary N) is 1. The van der Waals surface area contributed by atoms with E-state index in [0.29, 0.717) is 23.2 Å². The Labute approximate surface area is 156 Å². The van der Waals surface area contributed by atoms with Crippen LogP contribution < -0.4 is 10.1 Å². The van der Waals surface area contributed by atoms with Crippen molar-refractivity contribution in [1.82, 2.24) is 0 Å². The first-order valence-electron chi connectivity index (χ1n) is 7.75. The Bertz CT molecular complexity index is 835. The van der Waals surface area contributed by atoms with Gasteiger partial charge in [0, 0.05) is 12.2 Å². The van der Waals surface area contributed by atoms with E-state index in [1.54, 1.807) is 24.3 Å². The summed E-state index contributed by atoms with van der Waals surface area (Å²) in [6.45, 7) is 1.07. The molecule has 0 radical (unpaired) electrons. The zero-order valence-electron chi connectivity index (χ0n) is 13.3. The monoisotopic (exact) mass is 375 g/mol. The minimum atomic E-state index is -0.248. The highest BCUT2D eigenvalue weighted by Crippen LogP contribution is 2.25. The molecule has 128 valence electrons. The fraction of sp³-hybridized carbons (Fsp3) is 0.100. The van der Waals surface area contributed by atoms with E-state index in [4.69, 9.17) is 27.9 Å². The molecular formula is C20H16Cl2FNO. The Morgan fingerprint density at radius 2 is 1.48 bits per heavy atom. The molecule has 0 aromatic heterocycles. The molecule has 0 heterocycles. The molecule has 0 spiro atoms. The van der Waals surface area contributed by atoms with Gasteiger partial charge in [0.15, 0.2) is 0 Å². The molecule has 0 aliphatic rings. The minimum absolute atomic E-state index is 0.248. The van der Waals surface area contributed by atoms with Crippen LogP contribution in [-0.2, 0) is 13.2 Å². The number of hydrogen-bond acceptors (Lipinski definition) is 2. The van der Waals surface area contributed by atoms with Gasteiger partial charge in [0.2, 0.25) is 0 Å². The second-order valence-electron chi connectivity index (χ2n) is 5.54. The van der Waals surface area contributed by atoms with E-state index < -0.39 is 0 Å². The number of ether oxygens (including phenoxy) is 1. The van der Waals surface area contributed by atoms with Gasteiger partial charge in [-0.2, -0.15) is 0 Å². The fourth-order valence-electron chi connectivity index (χ4n) is 2.26. The third-order valence-corrected chi connectivity index (χ3v) is 4.40. The van der Waals surface area contributed by atoms with Crippen molar-refractivity contribution >= 4 is 28.9 Å². The third kappa shape index (κ3) is 5.12. The molecule has 0 saturated carbocycles. The standard InChI is InChI=1S/C20H16Cl2FNO/c21-19-10-7-17(11-20(19)22)24-12-14-3-8-18(9-4-14)25-13-15-1-5-16(23)6-2-15/h1-11,24H,12-13H2. The van der Waals surface area contributed by atoms with Crippen molar-refractivity contribution in [2.75, 3.05) is 5.32 Å². The van der Waals surface area contributed by atoms with E-state index >= 15 is 0 Å². The molecule has 3 aromatic carbocycles. The zero-order valence-corrected chi connectivity index (χ0v) is 14.8. The third-order valence-electron chi connectivity index (χ3n) is 3.66. The fourth-order valence-corrected chi connectivity index (χ4v) is 2.56. The molecule has 1 N–H and O–H groups in total. The van der Waals surface area contributed by atoms with Crippen LogP contribution in [0.5, 0.6) is 5.75 Å². The molecule has 0 amide bonds. The van der Waals surface area contributed by atoms with Gasteiger partial charge in [-0.15, -0.1) is 0 Å². The smallest absolute Gasteiger partial charge is 0.123 e. The van der Waals surface area contributed by atoms with E-state index in [0.717, 1.165) is 22.6 Å². The highest BCUT2D eigenvalue weighted by molar-refractivity contribution is 6.42. The lowest BCUT2D eigenvalue weighted by Crippen LogP contribution is -2.00. The van der Waals surface area contributed by atoms with E-state index in [1.807, 2.05) is 30.3 Å². The summed E-state index contributed by atoms with van der Waals surface area (Å²) in [6, 6.07) is 19.5. The summed E-state index contributed by atoms with van der Waals surface area (Å²) in [5.41, 5.74) is 2.94. The van der Waals surface area contributed by atoms with Crippen molar-refractivity contribution in [1.29, 1.82) is 0 Å². The first kappa shape index (κ1) is 17.6. The molecule has 25 heavy (non-hydrogen) atoms. The molecule has 0 aliphatic carbocycles. The molecule has 5 heteroatoms. The number of anilines is 1. The maximum absolute atomic E-state index is 12.9. The molecule has 3 aromatic rings. The zero-order chi connectivity index (χ0) is 17.6. The summed E-state index contributed by atoms with van der Waals surface area (Å²) in [5.74, 6) is 0.519.